The lowest BCUT2D eigenvalue weighted by Gasteiger charge is -2.20. The molecule has 0 aromatic heterocycles. The number of ether oxygens (including phenoxy) is 1. The van der Waals surface area contributed by atoms with Crippen LogP contribution >= 0.6 is 0 Å². The van der Waals surface area contributed by atoms with Gasteiger partial charge in [0.05, 0.1) is 7.11 Å². The summed E-state index contributed by atoms with van der Waals surface area (Å²) in [7, 11) is -2.56. The van der Waals surface area contributed by atoms with Crippen molar-refractivity contribution in [3.8, 4) is 5.75 Å². The Morgan fingerprint density at radius 1 is 1.06 bits per heavy atom. The molecule has 0 aliphatic rings. The first-order chi connectivity index (χ1) is 14.8. The molecule has 1 amide bonds. The van der Waals surface area contributed by atoms with E-state index in [1.165, 1.54) is 7.11 Å². The van der Waals surface area contributed by atoms with Crippen LogP contribution in [0, 0.1) is 0 Å². The van der Waals surface area contributed by atoms with E-state index in [9.17, 15) is 13.2 Å². The van der Waals surface area contributed by atoms with Gasteiger partial charge in [0.1, 0.15) is 16.7 Å². The van der Waals surface area contributed by atoms with E-state index in [0.29, 0.717) is 6.54 Å². The predicted octanol–water partition coefficient (Wildman–Crippen LogP) is 4.01. The molecule has 0 radical (unpaired) electrons. The van der Waals surface area contributed by atoms with Crippen LogP contribution in [0.5, 0.6) is 5.75 Å². The molecule has 0 aliphatic carbocycles. The van der Waals surface area contributed by atoms with Gasteiger partial charge in [-0.15, -0.1) is 0 Å². The van der Waals surface area contributed by atoms with E-state index < -0.39 is 16.1 Å². The van der Waals surface area contributed by atoms with Gasteiger partial charge < -0.3 is 10.1 Å². The summed E-state index contributed by atoms with van der Waals surface area (Å²) in [6, 6.07) is 13.6. The van der Waals surface area contributed by atoms with Gasteiger partial charge in [0.2, 0.25) is 15.9 Å². The molecule has 0 heterocycles. The van der Waals surface area contributed by atoms with Crippen LogP contribution in [0.1, 0.15) is 57.1 Å². The molecule has 31 heavy (non-hydrogen) atoms. The van der Waals surface area contributed by atoms with Gasteiger partial charge in [-0.1, -0.05) is 70.0 Å². The molecule has 2 aromatic carbocycles. The Labute approximate surface area is 186 Å². The van der Waals surface area contributed by atoms with Gasteiger partial charge in [-0.3, -0.25) is 4.79 Å². The summed E-state index contributed by atoms with van der Waals surface area (Å²) in [4.78, 5) is 12.9. The molecule has 7 heteroatoms. The van der Waals surface area contributed by atoms with Crippen LogP contribution < -0.4 is 14.8 Å². The molecule has 0 aliphatic heterocycles. The number of nitrogens with one attached hydrogen (secondary N) is 2. The smallest absolute Gasteiger partial charge is 0.245 e. The fourth-order valence-electron chi connectivity index (χ4n) is 3.26. The fraction of sp³-hybridized carbons (Fsp3) is 0.458. The number of sulfonamides is 1. The first kappa shape index (κ1) is 24.9. The number of methoxy groups -OCH3 is 1. The minimum atomic E-state index is -3.99. The highest BCUT2D eigenvalue weighted by atomic mass is 32.2. The van der Waals surface area contributed by atoms with Crippen LogP contribution in [0.15, 0.2) is 53.4 Å². The Balaban J connectivity index is 2.31. The largest absolute Gasteiger partial charge is 0.495 e. The zero-order valence-electron chi connectivity index (χ0n) is 18.9. The third-order valence-corrected chi connectivity index (χ3v) is 6.61. The lowest BCUT2D eigenvalue weighted by atomic mass is 10.0. The number of hydrogen-bond acceptors (Lipinski definition) is 4. The van der Waals surface area contributed by atoms with E-state index in [0.717, 1.165) is 30.4 Å². The third-order valence-electron chi connectivity index (χ3n) is 5.12. The number of unbranched alkanes of at least 4 members (excludes halogenated alkanes) is 2. The summed E-state index contributed by atoms with van der Waals surface area (Å²) in [5, 5.41) is 2.87. The number of rotatable bonds is 12. The second-order valence-corrected chi connectivity index (χ2v) is 9.61. The molecule has 2 aromatic rings. The maximum absolute atomic E-state index is 13.3. The molecule has 0 saturated heterocycles. The second kappa shape index (κ2) is 11.9. The van der Waals surface area contributed by atoms with Gasteiger partial charge in [-0.2, -0.15) is 4.72 Å². The number of hydrogen-bond donors (Lipinski definition) is 2. The monoisotopic (exact) mass is 446 g/mol. The van der Waals surface area contributed by atoms with Crippen molar-refractivity contribution in [1.29, 1.82) is 0 Å². The first-order valence-corrected chi connectivity index (χ1v) is 12.3. The molecule has 1 atom stereocenters. The summed E-state index contributed by atoms with van der Waals surface area (Å²) in [6.45, 7) is 6.60. The van der Waals surface area contributed by atoms with Crippen molar-refractivity contribution < 1.29 is 17.9 Å². The van der Waals surface area contributed by atoms with Crippen LogP contribution in [0.4, 0.5) is 0 Å². The SMILES string of the molecule is CCCCCNC(=O)C(Cc1ccccc1)NS(=O)(=O)c1cc(C(C)C)ccc1OC. The van der Waals surface area contributed by atoms with E-state index in [1.807, 2.05) is 50.2 Å². The van der Waals surface area contributed by atoms with Crippen molar-refractivity contribution in [2.45, 2.75) is 63.3 Å². The Hall–Kier alpha value is -2.38. The van der Waals surface area contributed by atoms with Crippen LogP contribution in [-0.4, -0.2) is 34.0 Å². The Kier molecular flexibility index (Phi) is 9.52. The molecule has 0 saturated carbocycles. The Morgan fingerprint density at radius 3 is 2.39 bits per heavy atom. The van der Waals surface area contributed by atoms with Crippen molar-refractivity contribution in [2.75, 3.05) is 13.7 Å². The Morgan fingerprint density at radius 2 is 1.77 bits per heavy atom. The molecule has 2 N–H and O–H groups in total. The number of benzene rings is 2. The molecule has 0 spiro atoms. The summed E-state index contributed by atoms with van der Waals surface area (Å²) in [6.07, 6.45) is 3.17. The Bertz CT molecular complexity index is 943. The van der Waals surface area contributed by atoms with Crippen molar-refractivity contribution >= 4 is 15.9 Å². The molecule has 0 fully saturated rings. The number of carbonyl (C=O) groups excluding carboxylic acids is 1. The minimum absolute atomic E-state index is 0.0399. The first-order valence-electron chi connectivity index (χ1n) is 10.8. The highest BCUT2D eigenvalue weighted by Crippen LogP contribution is 2.28. The van der Waals surface area contributed by atoms with Crippen molar-refractivity contribution in [2.24, 2.45) is 0 Å². The van der Waals surface area contributed by atoms with Crippen molar-refractivity contribution in [3.05, 3.63) is 59.7 Å². The summed E-state index contributed by atoms with van der Waals surface area (Å²) in [5.41, 5.74) is 1.76. The molecule has 1 unspecified atom stereocenters. The van der Waals surface area contributed by atoms with Crippen LogP contribution in [0.25, 0.3) is 0 Å². The molecule has 170 valence electrons. The number of amides is 1. The fourth-order valence-corrected chi connectivity index (χ4v) is 4.66. The normalized spacial score (nSPS) is 12.5. The molecular formula is C24H34N2O4S. The zero-order chi connectivity index (χ0) is 22.9. The lowest BCUT2D eigenvalue weighted by Crippen LogP contribution is -2.48. The standard InChI is InChI=1S/C24H34N2O4S/c1-5-6-10-15-25-24(27)21(16-19-11-8-7-9-12-19)26-31(28,29)23-17-20(18(2)3)13-14-22(23)30-4/h7-9,11-14,17-18,21,26H,5-6,10,15-16H2,1-4H3,(H,25,27). The molecule has 0 bridgehead atoms. The van der Waals surface area contributed by atoms with Crippen LogP contribution in [0.3, 0.4) is 0 Å². The van der Waals surface area contributed by atoms with Gasteiger partial charge in [0, 0.05) is 6.54 Å². The van der Waals surface area contributed by atoms with Gasteiger partial charge in [-0.25, -0.2) is 8.42 Å². The lowest BCUT2D eigenvalue weighted by molar-refractivity contribution is -0.122. The van der Waals surface area contributed by atoms with Gasteiger partial charge >= 0.3 is 0 Å². The highest BCUT2D eigenvalue weighted by Gasteiger charge is 2.28. The van der Waals surface area contributed by atoms with Gasteiger partial charge in [0.15, 0.2) is 0 Å². The maximum Gasteiger partial charge on any atom is 0.245 e. The quantitative estimate of drug-likeness (QED) is 0.483. The topological polar surface area (TPSA) is 84.5 Å². The van der Waals surface area contributed by atoms with E-state index >= 15 is 0 Å². The zero-order valence-corrected chi connectivity index (χ0v) is 19.7. The number of carbonyl (C=O) groups is 1. The highest BCUT2D eigenvalue weighted by molar-refractivity contribution is 7.89. The molecular weight excluding hydrogens is 412 g/mol. The third kappa shape index (κ3) is 7.36. The minimum Gasteiger partial charge on any atom is -0.495 e. The van der Waals surface area contributed by atoms with Crippen molar-refractivity contribution in [3.63, 3.8) is 0 Å². The van der Waals surface area contributed by atoms with Gasteiger partial charge in [0.25, 0.3) is 0 Å². The van der Waals surface area contributed by atoms with Crippen LogP contribution in [0.2, 0.25) is 0 Å². The van der Waals surface area contributed by atoms with Crippen LogP contribution in [-0.2, 0) is 21.2 Å². The average molecular weight is 447 g/mol. The molecule has 6 nitrogen and oxygen atoms in total. The second-order valence-electron chi connectivity index (χ2n) is 7.93. The predicted molar refractivity (Wildman–Crippen MR) is 124 cm³/mol. The summed E-state index contributed by atoms with van der Waals surface area (Å²) >= 11 is 0. The summed E-state index contributed by atoms with van der Waals surface area (Å²) in [5.74, 6) is 0.0723. The van der Waals surface area contributed by atoms with Crippen molar-refractivity contribution in [1.82, 2.24) is 10.0 Å². The summed E-state index contributed by atoms with van der Waals surface area (Å²) < 4.78 is 34.5. The van der Waals surface area contributed by atoms with E-state index in [4.69, 9.17) is 4.74 Å². The average Bonchev–Trinajstić information content (AvgIpc) is 2.76. The van der Waals surface area contributed by atoms with E-state index in [-0.39, 0.29) is 28.9 Å². The maximum atomic E-state index is 13.3. The van der Waals surface area contributed by atoms with Gasteiger partial charge in [-0.05, 0) is 42.0 Å². The van der Waals surface area contributed by atoms with E-state index in [1.54, 1.807) is 12.1 Å². The molecule has 2 rings (SSSR count). The van der Waals surface area contributed by atoms with E-state index in [2.05, 4.69) is 17.0 Å².